The van der Waals surface area contributed by atoms with Gasteiger partial charge in [0, 0.05) is 5.92 Å². The van der Waals surface area contributed by atoms with E-state index in [1.807, 2.05) is 0 Å². The van der Waals surface area contributed by atoms with E-state index in [0.29, 0.717) is 16.4 Å². The molecule has 1 heterocycles. The van der Waals surface area contributed by atoms with E-state index in [0.717, 1.165) is 30.0 Å². The Hall–Kier alpha value is -1.89. The van der Waals surface area contributed by atoms with Crippen LogP contribution in [0.25, 0.3) is 10.4 Å². The highest BCUT2D eigenvalue weighted by molar-refractivity contribution is 7.15. The fraction of sp³-hybridized carbons (Fsp3) is 0.333. The molecule has 0 spiro atoms. The number of carbonyl (C=O) groups excluding carboxylic acids is 1. The zero-order valence-electron chi connectivity index (χ0n) is 11.6. The van der Waals surface area contributed by atoms with E-state index < -0.39 is 17.7 Å². The van der Waals surface area contributed by atoms with Crippen molar-refractivity contribution in [2.45, 2.75) is 24.9 Å². The van der Waals surface area contributed by atoms with Crippen molar-refractivity contribution in [1.29, 1.82) is 0 Å². The molecule has 1 aliphatic rings. The zero-order valence-corrected chi connectivity index (χ0v) is 12.4. The Kier molecular flexibility index (Phi) is 3.68. The average Bonchev–Trinajstić information content (AvgIpc) is 3.24. The molecule has 22 heavy (non-hydrogen) atoms. The molecule has 1 aromatic heterocycles. The Balaban J connectivity index is 2.08. The monoisotopic (exact) mass is 327 g/mol. The molecule has 0 aliphatic heterocycles. The quantitative estimate of drug-likeness (QED) is 0.780. The van der Waals surface area contributed by atoms with Crippen LogP contribution in [0.2, 0.25) is 0 Å². The van der Waals surface area contributed by atoms with Crippen LogP contribution in [0.1, 0.15) is 39.8 Å². The number of benzene rings is 1. The first-order valence-electron chi connectivity index (χ1n) is 6.67. The summed E-state index contributed by atoms with van der Waals surface area (Å²) in [5.41, 5.74) is -0.324. The second kappa shape index (κ2) is 5.39. The molecule has 7 heteroatoms. The van der Waals surface area contributed by atoms with Crippen molar-refractivity contribution in [3.8, 4) is 10.4 Å². The van der Waals surface area contributed by atoms with Crippen LogP contribution in [0.15, 0.2) is 24.3 Å². The number of hydrogen-bond donors (Lipinski definition) is 0. The standard InChI is InChI=1S/C15H12F3NO2S/c1-21-14(20)11-12(22-13(19-11)8-5-6-8)9-3-2-4-10(7-9)15(16,17)18/h2-4,7-8H,5-6H2,1H3. The van der Waals surface area contributed by atoms with Gasteiger partial charge in [-0.3, -0.25) is 0 Å². The number of thiazole rings is 1. The Bertz CT molecular complexity index is 720. The Labute approximate surface area is 128 Å². The van der Waals surface area contributed by atoms with Gasteiger partial charge in [-0.15, -0.1) is 11.3 Å². The molecule has 1 aromatic carbocycles. The van der Waals surface area contributed by atoms with Crippen LogP contribution in [0.4, 0.5) is 13.2 Å². The third kappa shape index (κ3) is 2.85. The van der Waals surface area contributed by atoms with E-state index in [1.165, 1.54) is 24.5 Å². The Morgan fingerprint density at radius 2 is 2.09 bits per heavy atom. The van der Waals surface area contributed by atoms with Crippen molar-refractivity contribution in [3.63, 3.8) is 0 Å². The summed E-state index contributed by atoms with van der Waals surface area (Å²) in [6.07, 6.45) is -2.43. The second-order valence-corrected chi connectivity index (χ2v) is 6.10. The van der Waals surface area contributed by atoms with E-state index in [4.69, 9.17) is 4.74 Å². The largest absolute Gasteiger partial charge is 0.464 e. The maximum Gasteiger partial charge on any atom is 0.416 e. The van der Waals surface area contributed by atoms with Crippen molar-refractivity contribution < 1.29 is 22.7 Å². The predicted molar refractivity (Wildman–Crippen MR) is 75.9 cm³/mol. The van der Waals surface area contributed by atoms with Gasteiger partial charge in [0.25, 0.3) is 0 Å². The maximum absolute atomic E-state index is 12.8. The number of methoxy groups -OCH3 is 1. The van der Waals surface area contributed by atoms with E-state index in [9.17, 15) is 18.0 Å². The topological polar surface area (TPSA) is 39.2 Å². The van der Waals surface area contributed by atoms with Gasteiger partial charge >= 0.3 is 12.1 Å². The lowest BCUT2D eigenvalue weighted by Gasteiger charge is -2.08. The highest BCUT2D eigenvalue weighted by atomic mass is 32.1. The summed E-state index contributed by atoms with van der Waals surface area (Å²) in [6, 6.07) is 4.92. The molecule has 3 nitrogen and oxygen atoms in total. The first kappa shape index (κ1) is 15.0. The molecular weight excluding hydrogens is 315 g/mol. The average molecular weight is 327 g/mol. The lowest BCUT2D eigenvalue weighted by atomic mass is 10.1. The summed E-state index contributed by atoms with van der Waals surface area (Å²) in [5, 5.41) is 0.785. The number of hydrogen-bond acceptors (Lipinski definition) is 4. The molecule has 0 amide bonds. The van der Waals surface area contributed by atoms with E-state index >= 15 is 0 Å². The van der Waals surface area contributed by atoms with Gasteiger partial charge in [-0.25, -0.2) is 9.78 Å². The maximum atomic E-state index is 12.8. The zero-order chi connectivity index (χ0) is 15.9. The highest BCUT2D eigenvalue weighted by Gasteiger charge is 2.33. The van der Waals surface area contributed by atoms with E-state index in [-0.39, 0.29) is 5.69 Å². The van der Waals surface area contributed by atoms with Crippen molar-refractivity contribution in [2.24, 2.45) is 0 Å². The highest BCUT2D eigenvalue weighted by Crippen LogP contribution is 2.45. The summed E-state index contributed by atoms with van der Waals surface area (Å²) >= 11 is 1.27. The van der Waals surface area contributed by atoms with Crippen molar-refractivity contribution in [2.75, 3.05) is 7.11 Å². The van der Waals surface area contributed by atoms with Crippen molar-refractivity contribution >= 4 is 17.3 Å². The van der Waals surface area contributed by atoms with Crippen LogP contribution >= 0.6 is 11.3 Å². The van der Waals surface area contributed by atoms with Gasteiger partial charge in [0.2, 0.25) is 0 Å². The first-order valence-corrected chi connectivity index (χ1v) is 7.48. The number of esters is 1. The Morgan fingerprint density at radius 1 is 1.36 bits per heavy atom. The SMILES string of the molecule is COC(=O)c1nc(C2CC2)sc1-c1cccc(C(F)(F)F)c1. The van der Waals surface area contributed by atoms with Gasteiger partial charge in [-0.05, 0) is 30.5 Å². The van der Waals surface area contributed by atoms with Gasteiger partial charge in [0.1, 0.15) is 0 Å². The number of halogens is 3. The molecule has 0 saturated heterocycles. The van der Waals surface area contributed by atoms with Crippen LogP contribution in [-0.2, 0) is 10.9 Å². The molecular formula is C15H12F3NO2S. The van der Waals surface area contributed by atoms with Crippen LogP contribution in [0.3, 0.4) is 0 Å². The summed E-state index contributed by atoms with van der Waals surface area (Å²) in [6.45, 7) is 0. The second-order valence-electron chi connectivity index (χ2n) is 5.07. The molecule has 3 rings (SSSR count). The summed E-state index contributed by atoms with van der Waals surface area (Å²) in [4.78, 5) is 16.5. The molecule has 0 atom stereocenters. The summed E-state index contributed by atoms with van der Waals surface area (Å²) in [5.74, 6) is -0.316. The fourth-order valence-electron chi connectivity index (χ4n) is 2.11. The van der Waals surface area contributed by atoms with Gasteiger partial charge in [-0.1, -0.05) is 12.1 Å². The van der Waals surface area contributed by atoms with Gasteiger partial charge in [0.15, 0.2) is 5.69 Å². The minimum absolute atomic E-state index is 0.0914. The third-order valence-corrected chi connectivity index (χ3v) is 4.67. The van der Waals surface area contributed by atoms with Gasteiger partial charge in [-0.2, -0.15) is 13.2 Å². The minimum atomic E-state index is -4.43. The predicted octanol–water partition coefficient (Wildman–Crippen LogP) is 4.49. The Morgan fingerprint density at radius 3 is 2.68 bits per heavy atom. The molecule has 0 radical (unpaired) electrons. The lowest BCUT2D eigenvalue weighted by Crippen LogP contribution is -2.06. The van der Waals surface area contributed by atoms with Gasteiger partial charge < -0.3 is 4.74 Å². The van der Waals surface area contributed by atoms with E-state index in [2.05, 4.69) is 4.98 Å². The molecule has 0 unspecified atom stereocenters. The summed E-state index contributed by atoms with van der Waals surface area (Å²) in [7, 11) is 1.23. The van der Waals surface area contributed by atoms with Crippen LogP contribution < -0.4 is 0 Å². The normalized spacial score (nSPS) is 14.9. The minimum Gasteiger partial charge on any atom is -0.464 e. The van der Waals surface area contributed by atoms with Crippen molar-refractivity contribution in [3.05, 3.63) is 40.5 Å². The molecule has 2 aromatic rings. The lowest BCUT2D eigenvalue weighted by molar-refractivity contribution is -0.137. The van der Waals surface area contributed by atoms with Crippen LogP contribution in [-0.4, -0.2) is 18.1 Å². The van der Waals surface area contributed by atoms with E-state index in [1.54, 1.807) is 6.07 Å². The number of carbonyl (C=O) groups is 1. The number of rotatable bonds is 3. The molecule has 1 fully saturated rings. The molecule has 1 saturated carbocycles. The van der Waals surface area contributed by atoms with Gasteiger partial charge in [0.05, 0.1) is 22.6 Å². The molecule has 0 bridgehead atoms. The van der Waals surface area contributed by atoms with Crippen molar-refractivity contribution in [1.82, 2.24) is 4.98 Å². The molecule has 0 N–H and O–H groups in total. The first-order chi connectivity index (χ1) is 10.4. The fourth-order valence-corrected chi connectivity index (χ4v) is 3.33. The molecule has 1 aliphatic carbocycles. The molecule has 116 valence electrons. The van der Waals surface area contributed by atoms with Crippen LogP contribution in [0.5, 0.6) is 0 Å². The summed E-state index contributed by atoms with van der Waals surface area (Å²) < 4.78 is 43.2. The third-order valence-electron chi connectivity index (χ3n) is 3.40. The number of nitrogens with zero attached hydrogens (tertiary/aromatic N) is 1. The smallest absolute Gasteiger partial charge is 0.416 e. The van der Waals surface area contributed by atoms with Crippen LogP contribution in [0, 0.1) is 0 Å². The number of aromatic nitrogens is 1. The number of alkyl halides is 3. The number of ether oxygens (including phenoxy) is 1.